The fourth-order valence-electron chi connectivity index (χ4n) is 3.57. The van der Waals surface area contributed by atoms with Crippen molar-refractivity contribution in [2.75, 3.05) is 12.4 Å². The number of benzene rings is 1. The van der Waals surface area contributed by atoms with Gasteiger partial charge in [-0.3, -0.25) is 4.79 Å². The lowest BCUT2D eigenvalue weighted by Crippen LogP contribution is -2.22. The Morgan fingerprint density at radius 3 is 2.73 bits per heavy atom. The highest BCUT2D eigenvalue weighted by Gasteiger charge is 2.40. The maximum absolute atomic E-state index is 13.2. The summed E-state index contributed by atoms with van der Waals surface area (Å²) in [6.07, 6.45) is -1.99. The molecule has 140 valence electrons. The van der Waals surface area contributed by atoms with Crippen LogP contribution in [0.1, 0.15) is 58.7 Å². The standard InChI is InChI=1S/C19H22F2N2O2S/c1-9-8-11-12(6-7-13(25-5)14(11)19(9,3)4)23-18(24)16-15(17(20)21)22-10(2)26-16/h6-7,9,17H,8H2,1-5H3,(H,23,24). The minimum atomic E-state index is -2.78. The molecule has 0 fully saturated rings. The third-order valence-electron chi connectivity index (χ3n) is 5.30. The van der Waals surface area contributed by atoms with E-state index < -0.39 is 18.0 Å². The predicted molar refractivity (Wildman–Crippen MR) is 98.6 cm³/mol. The Kier molecular flexibility index (Phi) is 4.77. The zero-order valence-corrected chi connectivity index (χ0v) is 16.3. The van der Waals surface area contributed by atoms with E-state index in [4.69, 9.17) is 4.74 Å². The molecule has 1 aliphatic carbocycles. The summed E-state index contributed by atoms with van der Waals surface area (Å²) in [5.41, 5.74) is 2.17. The van der Waals surface area contributed by atoms with Gasteiger partial charge in [0.25, 0.3) is 12.3 Å². The number of rotatable bonds is 4. The lowest BCUT2D eigenvalue weighted by molar-refractivity contribution is 0.101. The number of hydrogen-bond donors (Lipinski definition) is 1. The third-order valence-corrected chi connectivity index (χ3v) is 6.29. The largest absolute Gasteiger partial charge is 0.496 e. The third kappa shape index (κ3) is 2.98. The molecule has 0 spiro atoms. The number of carbonyl (C=O) groups excluding carboxylic acids is 1. The second kappa shape index (κ2) is 6.61. The van der Waals surface area contributed by atoms with Crippen molar-refractivity contribution in [1.29, 1.82) is 0 Å². The molecule has 0 saturated carbocycles. The van der Waals surface area contributed by atoms with E-state index in [1.165, 1.54) is 0 Å². The smallest absolute Gasteiger partial charge is 0.282 e. The van der Waals surface area contributed by atoms with E-state index >= 15 is 0 Å². The second-order valence-corrected chi connectivity index (χ2v) is 8.40. The predicted octanol–water partition coefficient (Wildman–Crippen LogP) is 5.12. The van der Waals surface area contributed by atoms with Crippen LogP contribution < -0.4 is 10.1 Å². The number of alkyl halides is 2. The highest BCUT2D eigenvalue weighted by atomic mass is 32.1. The van der Waals surface area contributed by atoms with E-state index in [0.717, 1.165) is 34.6 Å². The second-order valence-electron chi connectivity index (χ2n) is 7.20. The highest BCUT2D eigenvalue weighted by molar-refractivity contribution is 7.13. The van der Waals surface area contributed by atoms with Crippen LogP contribution in [0.4, 0.5) is 14.5 Å². The van der Waals surface area contributed by atoms with Gasteiger partial charge in [-0.1, -0.05) is 20.8 Å². The van der Waals surface area contributed by atoms with Crippen LogP contribution in [0.15, 0.2) is 12.1 Å². The van der Waals surface area contributed by atoms with Crippen molar-refractivity contribution in [3.63, 3.8) is 0 Å². The molecular formula is C19H22F2N2O2S. The maximum atomic E-state index is 13.2. The molecular weight excluding hydrogens is 358 g/mol. The molecule has 7 heteroatoms. The number of aryl methyl sites for hydroxylation is 1. The molecule has 1 aromatic heterocycles. The monoisotopic (exact) mass is 380 g/mol. The SMILES string of the molecule is COc1ccc(NC(=O)c2sc(C)nc2C(F)F)c2c1C(C)(C)C(C)C2. The van der Waals surface area contributed by atoms with Gasteiger partial charge < -0.3 is 10.1 Å². The van der Waals surface area contributed by atoms with E-state index in [9.17, 15) is 13.6 Å². The number of anilines is 1. The highest BCUT2D eigenvalue weighted by Crippen LogP contribution is 2.49. The van der Waals surface area contributed by atoms with E-state index in [1.54, 1.807) is 20.1 Å². The van der Waals surface area contributed by atoms with Gasteiger partial charge in [-0.05, 0) is 42.4 Å². The first-order chi connectivity index (χ1) is 12.2. The lowest BCUT2D eigenvalue weighted by atomic mass is 9.79. The Morgan fingerprint density at radius 1 is 1.42 bits per heavy atom. The normalized spacial score (nSPS) is 18.1. The average molecular weight is 380 g/mol. The van der Waals surface area contributed by atoms with Crippen molar-refractivity contribution in [3.8, 4) is 5.75 Å². The molecule has 0 radical (unpaired) electrons. The van der Waals surface area contributed by atoms with E-state index in [-0.39, 0.29) is 10.3 Å². The van der Waals surface area contributed by atoms with Crippen LogP contribution in [-0.4, -0.2) is 18.0 Å². The zero-order chi connectivity index (χ0) is 19.2. The number of aromatic nitrogens is 1. The number of carbonyl (C=O) groups is 1. The summed E-state index contributed by atoms with van der Waals surface area (Å²) in [5.74, 6) is 0.608. The summed E-state index contributed by atoms with van der Waals surface area (Å²) < 4.78 is 31.8. The molecule has 1 atom stereocenters. The number of halogens is 2. The van der Waals surface area contributed by atoms with E-state index in [2.05, 4.69) is 31.1 Å². The van der Waals surface area contributed by atoms with Gasteiger partial charge in [0.05, 0.1) is 12.1 Å². The number of nitrogens with one attached hydrogen (secondary N) is 1. The Balaban J connectivity index is 2.00. The molecule has 3 rings (SSSR count). The van der Waals surface area contributed by atoms with Gasteiger partial charge in [0, 0.05) is 11.3 Å². The molecule has 1 aromatic carbocycles. The number of nitrogens with zero attached hydrogens (tertiary/aromatic N) is 1. The molecule has 1 heterocycles. The molecule has 26 heavy (non-hydrogen) atoms. The maximum Gasteiger partial charge on any atom is 0.282 e. The Hall–Kier alpha value is -2.02. The minimum Gasteiger partial charge on any atom is -0.496 e. The molecule has 0 saturated heterocycles. The Morgan fingerprint density at radius 2 is 2.12 bits per heavy atom. The van der Waals surface area contributed by atoms with Crippen LogP contribution in [0.5, 0.6) is 5.75 Å². The number of methoxy groups -OCH3 is 1. The molecule has 2 aromatic rings. The first-order valence-corrected chi connectivity index (χ1v) is 9.25. The molecule has 0 aliphatic heterocycles. The first-order valence-electron chi connectivity index (χ1n) is 8.44. The van der Waals surface area contributed by atoms with Crippen molar-refractivity contribution in [1.82, 2.24) is 4.98 Å². The van der Waals surface area contributed by atoms with Crippen LogP contribution >= 0.6 is 11.3 Å². The van der Waals surface area contributed by atoms with Gasteiger partial charge in [-0.25, -0.2) is 13.8 Å². The Labute approximate surface area is 155 Å². The summed E-state index contributed by atoms with van der Waals surface area (Å²) in [4.78, 5) is 16.4. The number of ether oxygens (including phenoxy) is 1. The summed E-state index contributed by atoms with van der Waals surface area (Å²) in [5, 5.41) is 3.26. The van der Waals surface area contributed by atoms with Crippen LogP contribution in [0.2, 0.25) is 0 Å². The summed E-state index contributed by atoms with van der Waals surface area (Å²) >= 11 is 0.983. The van der Waals surface area contributed by atoms with Crippen molar-refractivity contribution in [2.45, 2.75) is 46.0 Å². The average Bonchev–Trinajstić information content (AvgIpc) is 3.07. The van der Waals surface area contributed by atoms with E-state index in [0.29, 0.717) is 16.6 Å². The first kappa shape index (κ1) is 18.8. The molecule has 1 N–H and O–H groups in total. The molecule has 1 amide bonds. The van der Waals surface area contributed by atoms with Crippen molar-refractivity contribution in [2.24, 2.45) is 5.92 Å². The lowest BCUT2D eigenvalue weighted by Gasteiger charge is -2.26. The number of hydrogen-bond acceptors (Lipinski definition) is 4. The van der Waals surface area contributed by atoms with Gasteiger partial charge in [0.2, 0.25) is 0 Å². The van der Waals surface area contributed by atoms with Gasteiger partial charge in [0.15, 0.2) is 0 Å². The number of fused-ring (bicyclic) bond motifs is 1. The van der Waals surface area contributed by atoms with Gasteiger partial charge in [-0.15, -0.1) is 11.3 Å². The molecule has 0 bridgehead atoms. The number of amides is 1. The van der Waals surface area contributed by atoms with Crippen molar-refractivity contribution < 1.29 is 18.3 Å². The summed E-state index contributed by atoms with van der Waals surface area (Å²) in [6.45, 7) is 8.08. The quantitative estimate of drug-likeness (QED) is 0.801. The van der Waals surface area contributed by atoms with Crippen LogP contribution in [0.25, 0.3) is 0 Å². The van der Waals surface area contributed by atoms with Crippen LogP contribution in [-0.2, 0) is 11.8 Å². The fraction of sp³-hybridized carbons (Fsp3) is 0.474. The Bertz CT molecular complexity index is 861. The minimum absolute atomic E-state index is 0.0348. The van der Waals surface area contributed by atoms with Gasteiger partial charge in [-0.2, -0.15) is 0 Å². The summed E-state index contributed by atoms with van der Waals surface area (Å²) in [6, 6.07) is 3.60. The van der Waals surface area contributed by atoms with Crippen molar-refractivity contribution >= 4 is 22.9 Å². The fourth-order valence-corrected chi connectivity index (χ4v) is 4.40. The van der Waals surface area contributed by atoms with Gasteiger partial charge >= 0.3 is 0 Å². The van der Waals surface area contributed by atoms with Gasteiger partial charge in [0.1, 0.15) is 16.3 Å². The molecule has 1 unspecified atom stereocenters. The van der Waals surface area contributed by atoms with Crippen LogP contribution in [0.3, 0.4) is 0 Å². The zero-order valence-electron chi connectivity index (χ0n) is 15.4. The molecule has 1 aliphatic rings. The summed E-state index contributed by atoms with van der Waals surface area (Å²) in [7, 11) is 1.63. The number of thiazole rings is 1. The topological polar surface area (TPSA) is 51.2 Å². The molecule has 4 nitrogen and oxygen atoms in total. The van der Waals surface area contributed by atoms with Crippen LogP contribution in [0, 0.1) is 12.8 Å². The van der Waals surface area contributed by atoms with E-state index in [1.807, 2.05) is 6.07 Å². The van der Waals surface area contributed by atoms with Crippen molar-refractivity contribution in [3.05, 3.63) is 38.8 Å².